The molecule has 1 aliphatic rings. The van der Waals surface area contributed by atoms with E-state index in [2.05, 4.69) is 31.2 Å². The zero-order valence-electron chi connectivity index (χ0n) is 21.3. The second-order valence-electron chi connectivity index (χ2n) is 10.0. The molecule has 204 valence electrons. The van der Waals surface area contributed by atoms with E-state index in [4.69, 9.17) is 0 Å². The maximum atomic E-state index is 14.2. The lowest BCUT2D eigenvalue weighted by Gasteiger charge is -2.30. The molecule has 1 N–H and O–H groups in total. The van der Waals surface area contributed by atoms with Gasteiger partial charge in [0.1, 0.15) is 23.0 Å². The van der Waals surface area contributed by atoms with E-state index in [1.54, 1.807) is 12.1 Å². The first-order valence-electron chi connectivity index (χ1n) is 12.7. The quantitative estimate of drug-likeness (QED) is 0.324. The number of carbonyl (C=O) groups excluding carboxylic acids is 1. The van der Waals surface area contributed by atoms with Crippen molar-refractivity contribution in [2.24, 2.45) is 0 Å². The molecule has 1 aliphatic carbocycles. The van der Waals surface area contributed by atoms with Crippen LogP contribution in [0.3, 0.4) is 0 Å². The zero-order chi connectivity index (χ0) is 28.1. The smallest absolute Gasteiger partial charge is 0.337 e. The molecule has 0 aliphatic heterocycles. The minimum absolute atomic E-state index is 0.0101. The van der Waals surface area contributed by atoms with Gasteiger partial charge < -0.3 is 9.72 Å². The van der Waals surface area contributed by atoms with Crippen LogP contribution in [0, 0.1) is 18.6 Å². The van der Waals surface area contributed by atoms with Crippen molar-refractivity contribution in [2.45, 2.75) is 44.7 Å². The van der Waals surface area contributed by atoms with Gasteiger partial charge in [0.25, 0.3) is 11.5 Å². The van der Waals surface area contributed by atoms with Crippen molar-refractivity contribution in [1.29, 1.82) is 0 Å². The number of nitrogens with one attached hydrogen (secondary N) is 1. The van der Waals surface area contributed by atoms with E-state index < -0.39 is 28.9 Å². The van der Waals surface area contributed by atoms with Crippen LogP contribution in [0.25, 0.3) is 22.4 Å². The Morgan fingerprint density at radius 3 is 2.55 bits per heavy atom. The number of rotatable bonds is 4. The number of imidazole rings is 1. The third-order valence-electron chi connectivity index (χ3n) is 7.22. The molecule has 1 fully saturated rings. The van der Waals surface area contributed by atoms with E-state index in [1.807, 2.05) is 13.0 Å². The number of hydrogen-bond donors (Lipinski definition) is 1. The molecule has 1 saturated carbocycles. The molecule has 0 saturated heterocycles. The number of pyridine rings is 2. The molecule has 5 aromatic rings. The predicted molar refractivity (Wildman–Crippen MR) is 148 cm³/mol. The summed E-state index contributed by atoms with van der Waals surface area (Å²) in [5.41, 5.74) is 0.935. The second kappa shape index (κ2) is 10.1. The maximum Gasteiger partial charge on any atom is 0.337 e. The van der Waals surface area contributed by atoms with Crippen molar-refractivity contribution in [1.82, 2.24) is 28.8 Å². The molecule has 4 heterocycles. The molecule has 0 unspecified atom stereocenters. The number of aromatic nitrogens is 5. The summed E-state index contributed by atoms with van der Waals surface area (Å²) in [7, 11) is 0. The Kier molecular flexibility index (Phi) is 6.57. The highest BCUT2D eigenvalue weighted by Crippen LogP contribution is 2.28. The van der Waals surface area contributed by atoms with Crippen molar-refractivity contribution < 1.29 is 13.6 Å². The largest absolute Gasteiger partial charge is 0.348 e. The summed E-state index contributed by atoms with van der Waals surface area (Å²) in [6.07, 6.45) is 5.62. The van der Waals surface area contributed by atoms with Crippen LogP contribution in [-0.2, 0) is 0 Å². The fourth-order valence-corrected chi connectivity index (χ4v) is 5.99. The van der Waals surface area contributed by atoms with E-state index in [0.29, 0.717) is 37.0 Å². The monoisotopic (exact) mass is 608 g/mol. The van der Waals surface area contributed by atoms with Crippen LogP contribution in [0.1, 0.15) is 47.8 Å². The molecular weight excluding hydrogens is 586 g/mol. The molecular formula is C28H23BrF2N6O3. The highest BCUT2D eigenvalue weighted by atomic mass is 79.9. The van der Waals surface area contributed by atoms with Crippen molar-refractivity contribution in [2.75, 3.05) is 0 Å². The Bertz CT molecular complexity index is 1900. The summed E-state index contributed by atoms with van der Waals surface area (Å²) in [5, 5.41) is 2.96. The molecule has 40 heavy (non-hydrogen) atoms. The van der Waals surface area contributed by atoms with Gasteiger partial charge in [-0.2, -0.15) is 0 Å². The van der Waals surface area contributed by atoms with Crippen LogP contribution in [0.2, 0.25) is 0 Å². The number of aryl methyl sites for hydroxylation is 1. The normalized spacial score (nSPS) is 17.4. The zero-order valence-corrected chi connectivity index (χ0v) is 22.9. The Morgan fingerprint density at radius 2 is 1.80 bits per heavy atom. The summed E-state index contributed by atoms with van der Waals surface area (Å²) in [6.45, 7) is 1.88. The summed E-state index contributed by atoms with van der Waals surface area (Å²) < 4.78 is 32.4. The van der Waals surface area contributed by atoms with E-state index in [9.17, 15) is 23.2 Å². The molecule has 0 radical (unpaired) electrons. The molecule has 0 spiro atoms. The lowest BCUT2D eigenvalue weighted by molar-refractivity contribution is 0.0917. The van der Waals surface area contributed by atoms with Gasteiger partial charge in [0.2, 0.25) is 0 Å². The Morgan fingerprint density at radius 1 is 1.02 bits per heavy atom. The second-order valence-corrected chi connectivity index (χ2v) is 10.9. The number of fused-ring (bicyclic) bond motifs is 2. The minimum atomic E-state index is -0.673. The minimum Gasteiger partial charge on any atom is -0.348 e. The number of hydrogen-bond acceptors (Lipinski definition) is 5. The van der Waals surface area contributed by atoms with E-state index in [0.717, 1.165) is 22.3 Å². The van der Waals surface area contributed by atoms with Crippen LogP contribution in [0.15, 0.2) is 69.1 Å². The highest BCUT2D eigenvalue weighted by Gasteiger charge is 2.28. The van der Waals surface area contributed by atoms with Gasteiger partial charge in [-0.25, -0.2) is 28.1 Å². The standard InChI is InChI=1S/C28H23BrF2N6O3/c1-15-8-16(29)10-21(9-15)36-25-22(11-18(31)12-32-25)27(39)37(28(36)40)20-5-3-19(4-6-20)33-26(38)23-14-35-13-17(30)2-7-24(35)34-23/h2,7-14,19-20H,3-6H2,1H3,(H,33,38)/t19-,20+. The molecule has 12 heteroatoms. The maximum absolute atomic E-state index is 14.2. The van der Waals surface area contributed by atoms with E-state index >= 15 is 0 Å². The lowest BCUT2D eigenvalue weighted by atomic mass is 9.90. The van der Waals surface area contributed by atoms with Crippen LogP contribution >= 0.6 is 15.9 Å². The summed E-state index contributed by atoms with van der Waals surface area (Å²) in [4.78, 5) is 48.5. The molecule has 0 bridgehead atoms. The Balaban J connectivity index is 1.29. The average molecular weight is 609 g/mol. The molecule has 6 rings (SSSR count). The molecule has 1 aromatic carbocycles. The number of nitrogens with zero attached hydrogens (tertiary/aromatic N) is 5. The number of halogens is 3. The van der Waals surface area contributed by atoms with Crippen molar-refractivity contribution >= 4 is 38.5 Å². The van der Waals surface area contributed by atoms with Crippen molar-refractivity contribution in [3.63, 3.8) is 0 Å². The predicted octanol–water partition coefficient (Wildman–Crippen LogP) is 4.46. The van der Waals surface area contributed by atoms with Gasteiger partial charge in [-0.3, -0.25) is 14.2 Å². The van der Waals surface area contributed by atoms with Gasteiger partial charge in [-0.15, -0.1) is 0 Å². The first-order chi connectivity index (χ1) is 19.2. The fourth-order valence-electron chi connectivity index (χ4n) is 5.40. The molecule has 1 amide bonds. The molecule has 9 nitrogen and oxygen atoms in total. The van der Waals surface area contributed by atoms with E-state index in [1.165, 1.54) is 38.1 Å². The number of amides is 1. The Labute approximate surface area is 234 Å². The van der Waals surface area contributed by atoms with Gasteiger partial charge in [-0.1, -0.05) is 15.9 Å². The third kappa shape index (κ3) is 4.72. The van der Waals surface area contributed by atoms with Crippen molar-refractivity contribution in [3.8, 4) is 5.69 Å². The van der Waals surface area contributed by atoms with Crippen LogP contribution in [0.5, 0.6) is 0 Å². The van der Waals surface area contributed by atoms with Crippen LogP contribution in [-0.4, -0.2) is 35.5 Å². The SMILES string of the molecule is Cc1cc(Br)cc(-n2c(=O)n([C@H]3CC[C@@H](NC(=O)c4cn5cc(F)ccc5n4)CC3)c(=O)c3cc(F)cnc32)c1. The van der Waals surface area contributed by atoms with Gasteiger partial charge in [-0.05, 0) is 74.6 Å². The first-order valence-corrected chi connectivity index (χ1v) is 13.5. The topological polar surface area (TPSA) is 103 Å². The summed E-state index contributed by atoms with van der Waals surface area (Å²) in [6, 6.07) is 8.65. The molecule has 0 atom stereocenters. The average Bonchev–Trinajstić information content (AvgIpc) is 3.33. The number of benzene rings is 1. The fraction of sp³-hybridized carbons (Fsp3) is 0.250. The third-order valence-corrected chi connectivity index (χ3v) is 7.68. The Hall–Kier alpha value is -4.19. The van der Waals surface area contributed by atoms with Gasteiger partial charge in [0.15, 0.2) is 5.65 Å². The van der Waals surface area contributed by atoms with Gasteiger partial charge in [0.05, 0.1) is 17.3 Å². The summed E-state index contributed by atoms with van der Waals surface area (Å²) in [5.74, 6) is -1.50. The lowest BCUT2D eigenvalue weighted by Crippen LogP contribution is -2.45. The van der Waals surface area contributed by atoms with E-state index in [-0.39, 0.29) is 28.7 Å². The summed E-state index contributed by atoms with van der Waals surface area (Å²) >= 11 is 3.45. The van der Waals surface area contributed by atoms with Gasteiger partial charge in [0, 0.05) is 29.0 Å². The van der Waals surface area contributed by atoms with Crippen LogP contribution < -0.4 is 16.6 Å². The highest BCUT2D eigenvalue weighted by molar-refractivity contribution is 9.10. The van der Waals surface area contributed by atoms with Crippen molar-refractivity contribution in [3.05, 3.63) is 103 Å². The molecule has 4 aromatic heterocycles. The van der Waals surface area contributed by atoms with Gasteiger partial charge >= 0.3 is 5.69 Å². The number of carbonyl (C=O) groups is 1. The first kappa shape index (κ1) is 26.1. The van der Waals surface area contributed by atoms with Crippen LogP contribution in [0.4, 0.5) is 8.78 Å².